The number of aliphatic hydroxyl groups excluding tert-OH is 4. The lowest BCUT2D eigenvalue weighted by atomic mass is 10.2. The van der Waals surface area contributed by atoms with Crippen LogP contribution in [-0.4, -0.2) is 59.1 Å². The van der Waals surface area contributed by atoms with E-state index in [2.05, 4.69) is 4.74 Å². The van der Waals surface area contributed by atoms with E-state index in [0.29, 0.717) is 0 Å². The summed E-state index contributed by atoms with van der Waals surface area (Å²) in [5.41, 5.74) is 0. The summed E-state index contributed by atoms with van der Waals surface area (Å²) in [7, 11) is 0. The van der Waals surface area contributed by atoms with Gasteiger partial charge in [0.25, 0.3) is 0 Å². The summed E-state index contributed by atoms with van der Waals surface area (Å²) in [6.07, 6.45) is -2.44. The van der Waals surface area contributed by atoms with Crippen LogP contribution >= 0.6 is 0 Å². The van der Waals surface area contributed by atoms with E-state index in [1.54, 1.807) is 0 Å². The Morgan fingerprint density at radius 2 is 1.27 bits per heavy atom. The van der Waals surface area contributed by atoms with Gasteiger partial charge in [0.05, 0.1) is 26.4 Å². The van der Waals surface area contributed by atoms with E-state index in [1.165, 1.54) is 0 Å². The third-order valence-corrected chi connectivity index (χ3v) is 1.02. The molecular formula is C6H14O5. The third kappa shape index (κ3) is 7.70. The lowest BCUT2D eigenvalue weighted by Crippen LogP contribution is -2.31. The molecule has 0 aromatic heterocycles. The first kappa shape index (κ1) is 10.8. The molecule has 1 rings (SSSR count). The maximum absolute atomic E-state index is 8.47. The van der Waals surface area contributed by atoms with Crippen molar-refractivity contribution in [2.45, 2.75) is 12.2 Å². The standard InChI is InChI=1S/C4H10O4.C2H4O/c5-1-3(7)4(8)2-6;1-2-3-1/h3-8H,1-2H2;1-2H2. The van der Waals surface area contributed by atoms with Gasteiger partial charge in [0.1, 0.15) is 12.2 Å². The number of epoxide rings is 1. The molecule has 2 unspecified atom stereocenters. The zero-order valence-corrected chi connectivity index (χ0v) is 6.18. The molecule has 1 aliphatic rings. The Hall–Kier alpha value is -0.200. The molecule has 5 nitrogen and oxygen atoms in total. The van der Waals surface area contributed by atoms with Gasteiger partial charge in [-0.05, 0) is 0 Å². The lowest BCUT2D eigenvalue weighted by molar-refractivity contribution is -0.0388. The zero-order chi connectivity index (χ0) is 8.69. The third-order valence-electron chi connectivity index (χ3n) is 1.02. The Balaban J connectivity index is 0.000000271. The predicted molar refractivity (Wildman–Crippen MR) is 37.0 cm³/mol. The van der Waals surface area contributed by atoms with E-state index >= 15 is 0 Å². The molecule has 5 heteroatoms. The van der Waals surface area contributed by atoms with Crippen LogP contribution in [0.25, 0.3) is 0 Å². The number of hydrogen-bond acceptors (Lipinski definition) is 5. The molecule has 11 heavy (non-hydrogen) atoms. The van der Waals surface area contributed by atoms with Crippen LogP contribution in [0, 0.1) is 0 Å². The molecule has 0 aliphatic carbocycles. The minimum atomic E-state index is -1.22. The van der Waals surface area contributed by atoms with Crippen LogP contribution in [0.15, 0.2) is 0 Å². The van der Waals surface area contributed by atoms with Crippen LogP contribution in [0.3, 0.4) is 0 Å². The maximum atomic E-state index is 8.47. The van der Waals surface area contributed by atoms with E-state index in [1.807, 2.05) is 0 Å². The van der Waals surface area contributed by atoms with Gasteiger partial charge in [0, 0.05) is 0 Å². The molecule has 1 heterocycles. The highest BCUT2D eigenvalue weighted by Crippen LogP contribution is 1.88. The second-order valence-corrected chi connectivity index (χ2v) is 2.11. The van der Waals surface area contributed by atoms with Gasteiger partial charge in [0.15, 0.2) is 0 Å². The van der Waals surface area contributed by atoms with Crippen LogP contribution in [0.1, 0.15) is 0 Å². The fourth-order valence-electron chi connectivity index (χ4n) is 0.243. The number of hydrogen-bond donors (Lipinski definition) is 4. The van der Waals surface area contributed by atoms with Gasteiger partial charge in [-0.25, -0.2) is 0 Å². The highest BCUT2D eigenvalue weighted by molar-refractivity contribution is 4.62. The minimum Gasteiger partial charge on any atom is -0.394 e. The van der Waals surface area contributed by atoms with E-state index in [9.17, 15) is 0 Å². The quantitative estimate of drug-likeness (QED) is 0.354. The van der Waals surface area contributed by atoms with Gasteiger partial charge in [-0.1, -0.05) is 0 Å². The van der Waals surface area contributed by atoms with E-state index in [-0.39, 0.29) is 0 Å². The molecule has 1 saturated heterocycles. The first-order valence-electron chi connectivity index (χ1n) is 3.38. The van der Waals surface area contributed by atoms with Gasteiger partial charge < -0.3 is 25.2 Å². The van der Waals surface area contributed by atoms with Crippen molar-refractivity contribution < 1.29 is 25.2 Å². The summed E-state index contributed by atoms with van der Waals surface area (Å²) in [4.78, 5) is 0. The SMILES string of the molecule is C1CO1.OCC(O)C(O)CO. The summed E-state index contributed by atoms with van der Waals surface area (Å²) < 4.78 is 4.50. The second kappa shape index (κ2) is 6.51. The van der Waals surface area contributed by atoms with Crippen LogP contribution in [-0.2, 0) is 4.74 Å². The normalized spacial score (nSPS) is 19.6. The first-order valence-corrected chi connectivity index (χ1v) is 3.38. The van der Waals surface area contributed by atoms with E-state index in [0.717, 1.165) is 13.2 Å². The molecule has 1 aliphatic heterocycles. The molecule has 68 valence electrons. The molecule has 4 N–H and O–H groups in total. The molecule has 0 amide bonds. The van der Waals surface area contributed by atoms with Gasteiger partial charge in [-0.15, -0.1) is 0 Å². The summed E-state index contributed by atoms with van der Waals surface area (Å²) in [5, 5.41) is 33.2. The molecule has 1 fully saturated rings. The molecule has 0 aromatic carbocycles. The molecule has 0 radical (unpaired) electrons. The van der Waals surface area contributed by atoms with Gasteiger partial charge in [-0.2, -0.15) is 0 Å². The number of ether oxygens (including phenoxy) is 1. The summed E-state index contributed by atoms with van der Waals surface area (Å²) in [6, 6.07) is 0. The maximum Gasteiger partial charge on any atom is 0.105 e. The molecule has 0 spiro atoms. The fraction of sp³-hybridized carbons (Fsp3) is 1.00. The number of rotatable bonds is 3. The van der Waals surface area contributed by atoms with Crippen LogP contribution in [0.5, 0.6) is 0 Å². The van der Waals surface area contributed by atoms with Crippen molar-refractivity contribution in [1.82, 2.24) is 0 Å². The van der Waals surface area contributed by atoms with Crippen molar-refractivity contribution in [1.29, 1.82) is 0 Å². The zero-order valence-electron chi connectivity index (χ0n) is 6.18. The van der Waals surface area contributed by atoms with E-state index < -0.39 is 25.4 Å². The molecular weight excluding hydrogens is 152 g/mol. The van der Waals surface area contributed by atoms with Gasteiger partial charge in [-0.3, -0.25) is 0 Å². The highest BCUT2D eigenvalue weighted by Gasteiger charge is 2.12. The lowest BCUT2D eigenvalue weighted by Gasteiger charge is -2.10. The summed E-state index contributed by atoms with van der Waals surface area (Å²) in [6.45, 7) is 0.948. The van der Waals surface area contributed by atoms with Crippen LogP contribution < -0.4 is 0 Å². The predicted octanol–water partition coefficient (Wildman–Crippen LogP) is -2.29. The van der Waals surface area contributed by atoms with Crippen LogP contribution in [0.4, 0.5) is 0 Å². The minimum absolute atomic E-state index is 0.526. The fourth-order valence-corrected chi connectivity index (χ4v) is 0.243. The Morgan fingerprint density at radius 3 is 1.36 bits per heavy atom. The summed E-state index contributed by atoms with van der Waals surface area (Å²) in [5.74, 6) is 0. The number of aliphatic hydroxyl groups is 4. The Bertz CT molecular complexity index is 74.3. The Labute approximate surface area is 64.9 Å². The second-order valence-electron chi connectivity index (χ2n) is 2.11. The molecule has 0 saturated carbocycles. The van der Waals surface area contributed by atoms with Gasteiger partial charge in [0.2, 0.25) is 0 Å². The van der Waals surface area contributed by atoms with Crippen LogP contribution in [0.2, 0.25) is 0 Å². The van der Waals surface area contributed by atoms with Crippen molar-refractivity contribution in [3.63, 3.8) is 0 Å². The average Bonchev–Trinajstić information content (AvgIpc) is 2.87. The van der Waals surface area contributed by atoms with E-state index in [4.69, 9.17) is 20.4 Å². The smallest absolute Gasteiger partial charge is 0.105 e. The summed E-state index contributed by atoms with van der Waals surface area (Å²) >= 11 is 0. The topological polar surface area (TPSA) is 93.5 Å². The van der Waals surface area contributed by atoms with Crippen molar-refractivity contribution in [3.8, 4) is 0 Å². The molecule has 2 atom stereocenters. The van der Waals surface area contributed by atoms with Crippen molar-refractivity contribution in [2.24, 2.45) is 0 Å². The largest absolute Gasteiger partial charge is 0.394 e. The van der Waals surface area contributed by atoms with Crippen molar-refractivity contribution in [3.05, 3.63) is 0 Å². The monoisotopic (exact) mass is 166 g/mol. The Kier molecular flexibility index (Phi) is 6.39. The van der Waals surface area contributed by atoms with Crippen molar-refractivity contribution >= 4 is 0 Å². The average molecular weight is 166 g/mol. The first-order chi connectivity index (χ1) is 5.22. The molecule has 0 bridgehead atoms. The van der Waals surface area contributed by atoms with Crippen molar-refractivity contribution in [2.75, 3.05) is 26.4 Å². The molecule has 0 aromatic rings. The highest BCUT2D eigenvalue weighted by atomic mass is 16.6. The Morgan fingerprint density at radius 1 is 1.00 bits per heavy atom. The van der Waals surface area contributed by atoms with Gasteiger partial charge >= 0.3 is 0 Å².